The minimum Gasteiger partial charge on any atom is -0.493 e. The Hall–Kier alpha value is -5.68. The molecule has 0 fully saturated rings. The average molecular weight is 651 g/mol. The molecule has 1 N–H and O–H groups in total. The SMILES string of the molecule is CCOC(=O)C1=C(c2ccccc2)N=c2s/c(=C\c3ccc(-c4ccc(C(=O)O)cc4C)o3)c(=O)n2[C@@H]1c1ccc(OC)c(OC)c1. The molecular formula is C36H30N2O8S. The van der Waals surface area contributed by atoms with Crippen LogP contribution in [-0.2, 0) is 9.53 Å². The predicted octanol–water partition coefficient (Wildman–Crippen LogP) is 5.22. The van der Waals surface area contributed by atoms with E-state index in [-0.39, 0.29) is 23.3 Å². The summed E-state index contributed by atoms with van der Waals surface area (Å²) in [6.07, 6.45) is 1.64. The van der Waals surface area contributed by atoms with Gasteiger partial charge in [0, 0.05) is 17.2 Å². The third kappa shape index (κ3) is 5.88. The van der Waals surface area contributed by atoms with Crippen molar-refractivity contribution < 1.29 is 33.3 Å². The first-order chi connectivity index (χ1) is 22.7. The lowest BCUT2D eigenvalue weighted by molar-refractivity contribution is -0.138. The molecule has 5 aromatic rings. The molecule has 1 aliphatic heterocycles. The number of thiazole rings is 1. The summed E-state index contributed by atoms with van der Waals surface area (Å²) >= 11 is 1.17. The van der Waals surface area contributed by atoms with E-state index in [0.29, 0.717) is 49.2 Å². The van der Waals surface area contributed by atoms with E-state index >= 15 is 0 Å². The molecule has 1 atom stereocenters. The van der Waals surface area contributed by atoms with Gasteiger partial charge in [-0.2, -0.15) is 0 Å². The minimum atomic E-state index is -1.01. The monoisotopic (exact) mass is 650 g/mol. The number of esters is 1. The van der Waals surface area contributed by atoms with Crippen molar-refractivity contribution in [2.45, 2.75) is 19.9 Å². The van der Waals surface area contributed by atoms with E-state index in [0.717, 1.165) is 11.1 Å². The number of nitrogens with zero attached hydrogens (tertiary/aromatic N) is 2. The lowest BCUT2D eigenvalue weighted by atomic mass is 9.93. The van der Waals surface area contributed by atoms with Gasteiger partial charge in [-0.3, -0.25) is 9.36 Å². The fourth-order valence-corrected chi connectivity index (χ4v) is 6.54. The first kappa shape index (κ1) is 31.3. The van der Waals surface area contributed by atoms with Crippen LogP contribution in [0.4, 0.5) is 0 Å². The molecule has 0 amide bonds. The van der Waals surface area contributed by atoms with E-state index in [9.17, 15) is 19.5 Å². The Labute approximate surface area is 273 Å². The van der Waals surface area contributed by atoms with Crippen LogP contribution in [-0.4, -0.2) is 42.4 Å². The zero-order valence-electron chi connectivity index (χ0n) is 26.0. The molecule has 3 aromatic carbocycles. The Morgan fingerprint density at radius 3 is 2.45 bits per heavy atom. The number of carbonyl (C=O) groups is 2. The van der Waals surface area contributed by atoms with Crippen LogP contribution in [0.25, 0.3) is 23.1 Å². The average Bonchev–Trinajstić information content (AvgIpc) is 3.67. The van der Waals surface area contributed by atoms with Crippen LogP contribution in [0.5, 0.6) is 11.5 Å². The summed E-state index contributed by atoms with van der Waals surface area (Å²) in [5.74, 6) is 0.269. The second-order valence-corrected chi connectivity index (χ2v) is 11.6. The fraction of sp³-hybridized carbons (Fsp3) is 0.167. The lowest BCUT2D eigenvalue weighted by Gasteiger charge is -2.26. The van der Waals surface area contributed by atoms with E-state index in [1.54, 1.807) is 55.5 Å². The van der Waals surface area contributed by atoms with Crippen molar-refractivity contribution in [2.75, 3.05) is 20.8 Å². The first-order valence-corrected chi connectivity index (χ1v) is 15.5. The molecule has 6 rings (SSSR count). The van der Waals surface area contributed by atoms with Gasteiger partial charge in [-0.05, 0) is 61.4 Å². The molecule has 0 aliphatic carbocycles. The highest BCUT2D eigenvalue weighted by Crippen LogP contribution is 2.38. The molecule has 0 saturated heterocycles. The Balaban J connectivity index is 1.55. The highest BCUT2D eigenvalue weighted by molar-refractivity contribution is 7.07. The van der Waals surface area contributed by atoms with Gasteiger partial charge in [0.25, 0.3) is 5.56 Å². The minimum absolute atomic E-state index is 0.132. The van der Waals surface area contributed by atoms with Gasteiger partial charge in [0.2, 0.25) is 0 Å². The Bertz CT molecular complexity index is 2230. The number of carbonyl (C=O) groups excluding carboxylic acids is 1. The van der Waals surface area contributed by atoms with Crippen LogP contribution in [0.1, 0.15) is 45.8 Å². The smallest absolute Gasteiger partial charge is 0.338 e. The van der Waals surface area contributed by atoms with E-state index in [1.165, 1.54) is 36.2 Å². The normalized spacial score (nSPS) is 14.4. The standard InChI is InChI=1S/C36H30N2O8S/c1-5-45-35(42)30-31(21-9-7-6-8-10-21)37-36-38(32(30)22-12-15-27(43-3)28(18-22)44-4)33(39)29(47-36)19-24-13-16-26(46-24)25-14-11-23(34(40)41)17-20(25)2/h6-19,32H,5H2,1-4H3,(H,40,41)/b29-19-/t32-/m1/s1. The highest BCUT2D eigenvalue weighted by atomic mass is 32.1. The summed E-state index contributed by atoms with van der Waals surface area (Å²) in [5, 5.41) is 9.32. The van der Waals surface area contributed by atoms with Crippen LogP contribution < -0.4 is 24.4 Å². The molecule has 11 heteroatoms. The van der Waals surface area contributed by atoms with Gasteiger partial charge < -0.3 is 23.7 Å². The number of hydrogen-bond acceptors (Lipinski definition) is 9. The molecule has 1 aliphatic rings. The maximum absolute atomic E-state index is 14.2. The van der Waals surface area contributed by atoms with E-state index in [2.05, 4.69) is 0 Å². The topological polar surface area (TPSA) is 130 Å². The van der Waals surface area contributed by atoms with E-state index in [1.807, 2.05) is 37.3 Å². The Kier molecular flexibility index (Phi) is 8.64. The third-order valence-electron chi connectivity index (χ3n) is 7.74. The molecule has 0 bridgehead atoms. The van der Waals surface area contributed by atoms with Gasteiger partial charge in [0.05, 0.1) is 48.2 Å². The van der Waals surface area contributed by atoms with E-state index < -0.39 is 18.0 Å². The summed E-state index contributed by atoms with van der Waals surface area (Å²) in [6, 6.07) is 21.9. The van der Waals surface area contributed by atoms with Gasteiger partial charge in [0.1, 0.15) is 11.5 Å². The van der Waals surface area contributed by atoms with Crippen molar-refractivity contribution in [1.29, 1.82) is 0 Å². The number of aromatic nitrogens is 1. The highest BCUT2D eigenvalue weighted by Gasteiger charge is 2.35. The van der Waals surface area contributed by atoms with Crippen molar-refractivity contribution in [1.82, 2.24) is 4.57 Å². The summed E-state index contributed by atoms with van der Waals surface area (Å²) in [7, 11) is 3.05. The summed E-state index contributed by atoms with van der Waals surface area (Å²) in [4.78, 5) is 44.6. The van der Waals surface area contributed by atoms with Crippen molar-refractivity contribution in [3.63, 3.8) is 0 Å². The quantitative estimate of drug-likeness (QED) is 0.215. The van der Waals surface area contributed by atoms with Crippen molar-refractivity contribution in [3.8, 4) is 22.8 Å². The number of benzene rings is 3. The molecule has 0 spiro atoms. The molecule has 2 aromatic heterocycles. The molecular weight excluding hydrogens is 620 g/mol. The zero-order valence-corrected chi connectivity index (χ0v) is 26.8. The fourth-order valence-electron chi connectivity index (χ4n) is 5.56. The number of aryl methyl sites for hydroxylation is 1. The number of furan rings is 1. The first-order valence-electron chi connectivity index (χ1n) is 14.7. The van der Waals surface area contributed by atoms with Crippen LogP contribution in [0.15, 0.2) is 98.6 Å². The summed E-state index contributed by atoms with van der Waals surface area (Å²) in [5.41, 5.74) is 3.18. The molecule has 0 radical (unpaired) electrons. The van der Waals surface area contributed by atoms with Crippen LogP contribution in [0.3, 0.4) is 0 Å². The number of methoxy groups -OCH3 is 2. The number of carboxylic acids is 1. The molecule has 3 heterocycles. The van der Waals surface area contributed by atoms with Crippen molar-refractivity contribution in [2.24, 2.45) is 4.99 Å². The lowest BCUT2D eigenvalue weighted by Crippen LogP contribution is -2.40. The number of fused-ring (bicyclic) bond motifs is 1. The Morgan fingerprint density at radius 2 is 1.77 bits per heavy atom. The molecule has 0 unspecified atom stereocenters. The molecule has 238 valence electrons. The summed E-state index contributed by atoms with van der Waals surface area (Å²) < 4.78 is 24.5. The largest absolute Gasteiger partial charge is 0.493 e. The second kappa shape index (κ2) is 13.0. The van der Waals surface area contributed by atoms with Crippen LogP contribution in [0, 0.1) is 6.92 Å². The van der Waals surface area contributed by atoms with Crippen molar-refractivity contribution >= 4 is 35.0 Å². The van der Waals surface area contributed by atoms with Gasteiger partial charge in [0.15, 0.2) is 16.3 Å². The number of carboxylic acid groups (broad SMARTS) is 1. The molecule has 0 saturated carbocycles. The Morgan fingerprint density at radius 1 is 1.00 bits per heavy atom. The van der Waals surface area contributed by atoms with E-state index in [4.69, 9.17) is 23.6 Å². The summed E-state index contributed by atoms with van der Waals surface area (Å²) in [6.45, 7) is 3.66. The van der Waals surface area contributed by atoms with Gasteiger partial charge in [-0.15, -0.1) is 0 Å². The van der Waals surface area contributed by atoms with Gasteiger partial charge >= 0.3 is 11.9 Å². The number of ether oxygens (including phenoxy) is 3. The van der Waals surface area contributed by atoms with Gasteiger partial charge in [-0.1, -0.05) is 53.8 Å². The van der Waals surface area contributed by atoms with Crippen molar-refractivity contribution in [3.05, 3.63) is 132 Å². The van der Waals surface area contributed by atoms with Crippen LogP contribution >= 0.6 is 11.3 Å². The maximum Gasteiger partial charge on any atom is 0.338 e. The van der Waals surface area contributed by atoms with Gasteiger partial charge in [-0.25, -0.2) is 14.6 Å². The maximum atomic E-state index is 14.2. The molecule has 47 heavy (non-hydrogen) atoms. The number of rotatable bonds is 9. The zero-order chi connectivity index (χ0) is 33.2. The van der Waals surface area contributed by atoms with Crippen LogP contribution in [0.2, 0.25) is 0 Å². The number of hydrogen-bond donors (Lipinski definition) is 1. The number of aromatic carboxylic acids is 1. The second-order valence-electron chi connectivity index (χ2n) is 10.6. The predicted molar refractivity (Wildman–Crippen MR) is 176 cm³/mol. The third-order valence-corrected chi connectivity index (χ3v) is 8.72. The molecule has 10 nitrogen and oxygen atoms in total.